The molecule has 0 aliphatic heterocycles. The molecule has 13 heteroatoms. The number of non-ortho nitro benzene ring substituents is 1. The van der Waals surface area contributed by atoms with Crippen molar-refractivity contribution in [3.63, 3.8) is 0 Å². The molecule has 4 aromatic rings. The van der Waals surface area contributed by atoms with Crippen LogP contribution in [-0.2, 0) is 0 Å². The highest BCUT2D eigenvalue weighted by Crippen LogP contribution is 2.28. The van der Waals surface area contributed by atoms with Crippen molar-refractivity contribution in [3.8, 4) is 17.2 Å². The second-order valence-corrected chi connectivity index (χ2v) is 7.36. The molecular formula is C24H22N8O5. The number of nitro groups is 1. The van der Waals surface area contributed by atoms with E-state index >= 15 is 0 Å². The van der Waals surface area contributed by atoms with E-state index in [0.717, 1.165) is 0 Å². The van der Waals surface area contributed by atoms with Crippen molar-refractivity contribution in [2.75, 3.05) is 30.3 Å². The zero-order valence-electron chi connectivity index (χ0n) is 19.7. The van der Waals surface area contributed by atoms with E-state index < -0.39 is 4.92 Å². The van der Waals surface area contributed by atoms with Crippen LogP contribution in [0.1, 0.15) is 5.56 Å². The predicted octanol–water partition coefficient (Wildman–Crippen LogP) is 4.44. The number of aromatic hydroxyl groups is 1. The number of rotatable bonds is 10. The van der Waals surface area contributed by atoms with Gasteiger partial charge < -0.3 is 25.2 Å². The fourth-order valence-corrected chi connectivity index (χ4v) is 3.10. The van der Waals surface area contributed by atoms with Gasteiger partial charge in [-0.25, -0.2) is 5.43 Å². The second-order valence-electron chi connectivity index (χ2n) is 7.36. The minimum atomic E-state index is -0.482. The molecule has 4 N–H and O–H groups in total. The minimum Gasteiger partial charge on any atom is -0.504 e. The number of phenolic OH excluding ortho intramolecular Hbond substituents is 1. The normalized spacial score (nSPS) is 10.6. The van der Waals surface area contributed by atoms with Crippen LogP contribution in [0.15, 0.2) is 71.8 Å². The lowest BCUT2D eigenvalue weighted by molar-refractivity contribution is -0.384. The molecule has 0 fully saturated rings. The molecule has 1 heterocycles. The Kier molecular flexibility index (Phi) is 7.54. The van der Waals surface area contributed by atoms with Gasteiger partial charge in [-0.15, -0.1) is 0 Å². The molecule has 0 unspecified atom stereocenters. The lowest BCUT2D eigenvalue weighted by Gasteiger charge is -2.10. The van der Waals surface area contributed by atoms with Gasteiger partial charge in [0.15, 0.2) is 11.5 Å². The lowest BCUT2D eigenvalue weighted by atomic mass is 10.2. The van der Waals surface area contributed by atoms with Crippen LogP contribution in [0, 0.1) is 10.1 Å². The topological polar surface area (TPSA) is 169 Å². The number of hydrazone groups is 1. The van der Waals surface area contributed by atoms with E-state index in [1.165, 1.54) is 37.6 Å². The van der Waals surface area contributed by atoms with E-state index in [1.807, 2.05) is 0 Å². The van der Waals surface area contributed by atoms with Crippen molar-refractivity contribution in [3.05, 3.63) is 82.4 Å². The first-order valence-electron chi connectivity index (χ1n) is 10.8. The van der Waals surface area contributed by atoms with Crippen molar-refractivity contribution in [1.82, 2.24) is 15.0 Å². The van der Waals surface area contributed by atoms with Crippen LogP contribution in [0.5, 0.6) is 17.2 Å². The molecule has 0 saturated carbocycles. The standard InChI is InChI=1S/C24H22N8O5/c1-36-19-12-8-17(9-13-19)27-23-28-22(26-16-6-10-18(11-7-16)32(34)35)29-24(30-23)31-25-14-15-4-3-5-20(37-2)21(15)33/h3-14,33H,1-2H3,(H3,26,27,28,29,30,31)/b25-14+. The highest BCUT2D eigenvalue weighted by Gasteiger charge is 2.10. The van der Waals surface area contributed by atoms with Crippen LogP contribution in [0.2, 0.25) is 0 Å². The molecule has 4 rings (SSSR count). The average Bonchev–Trinajstić information content (AvgIpc) is 2.90. The minimum absolute atomic E-state index is 0.0412. The van der Waals surface area contributed by atoms with Gasteiger partial charge >= 0.3 is 0 Å². The van der Waals surface area contributed by atoms with Gasteiger partial charge in [-0.05, 0) is 48.5 Å². The molecule has 0 aliphatic carbocycles. The zero-order valence-corrected chi connectivity index (χ0v) is 19.7. The Morgan fingerprint density at radius 1 is 0.865 bits per heavy atom. The maximum atomic E-state index is 10.9. The number of nitrogens with one attached hydrogen (secondary N) is 3. The highest BCUT2D eigenvalue weighted by atomic mass is 16.6. The van der Waals surface area contributed by atoms with Gasteiger partial charge in [-0.1, -0.05) is 6.07 Å². The smallest absolute Gasteiger partial charge is 0.269 e. The Hall–Kier alpha value is -5.46. The number of anilines is 5. The van der Waals surface area contributed by atoms with E-state index in [4.69, 9.17) is 9.47 Å². The molecule has 0 radical (unpaired) electrons. The summed E-state index contributed by atoms with van der Waals surface area (Å²) in [6.07, 6.45) is 1.39. The number of para-hydroxylation sites is 1. The Labute approximate surface area is 211 Å². The van der Waals surface area contributed by atoms with Crippen molar-refractivity contribution >= 4 is 41.1 Å². The third kappa shape index (κ3) is 6.36. The van der Waals surface area contributed by atoms with Gasteiger partial charge in [0.2, 0.25) is 17.8 Å². The number of nitro benzene ring substituents is 1. The van der Waals surface area contributed by atoms with Crippen molar-refractivity contribution in [1.29, 1.82) is 0 Å². The molecule has 0 atom stereocenters. The number of nitrogens with zero attached hydrogens (tertiary/aromatic N) is 5. The molecule has 0 bridgehead atoms. The average molecular weight is 502 g/mol. The first-order valence-corrected chi connectivity index (χ1v) is 10.8. The molecule has 0 amide bonds. The summed E-state index contributed by atoms with van der Waals surface area (Å²) in [4.78, 5) is 23.4. The molecule has 188 valence electrons. The molecule has 13 nitrogen and oxygen atoms in total. The Balaban J connectivity index is 1.59. The molecule has 1 aromatic heterocycles. The molecular weight excluding hydrogens is 480 g/mol. The summed E-state index contributed by atoms with van der Waals surface area (Å²) in [5.41, 5.74) is 4.32. The third-order valence-electron chi connectivity index (χ3n) is 4.93. The number of benzene rings is 3. The Bertz CT molecular complexity index is 1410. The summed E-state index contributed by atoms with van der Waals surface area (Å²) < 4.78 is 10.3. The van der Waals surface area contributed by atoms with Crippen LogP contribution < -0.4 is 25.5 Å². The van der Waals surface area contributed by atoms with Crippen LogP contribution in [0.4, 0.5) is 34.9 Å². The van der Waals surface area contributed by atoms with Gasteiger partial charge in [0, 0.05) is 29.1 Å². The summed E-state index contributed by atoms with van der Waals surface area (Å²) >= 11 is 0. The van der Waals surface area contributed by atoms with Crippen molar-refractivity contribution in [2.45, 2.75) is 0 Å². The van der Waals surface area contributed by atoms with Gasteiger partial charge in [0.05, 0.1) is 25.4 Å². The number of ether oxygens (including phenoxy) is 2. The van der Waals surface area contributed by atoms with Crippen LogP contribution >= 0.6 is 0 Å². The molecule has 3 aromatic carbocycles. The lowest BCUT2D eigenvalue weighted by Crippen LogP contribution is -2.07. The van der Waals surface area contributed by atoms with Gasteiger partial charge in [-0.3, -0.25) is 10.1 Å². The van der Waals surface area contributed by atoms with Gasteiger partial charge in [0.1, 0.15) is 5.75 Å². The second kappa shape index (κ2) is 11.3. The first-order chi connectivity index (χ1) is 17.9. The Morgan fingerprint density at radius 3 is 2.03 bits per heavy atom. The first kappa shape index (κ1) is 24.7. The quantitative estimate of drug-likeness (QED) is 0.137. The van der Waals surface area contributed by atoms with E-state index in [1.54, 1.807) is 49.6 Å². The largest absolute Gasteiger partial charge is 0.504 e. The maximum absolute atomic E-state index is 10.9. The number of hydrogen-bond acceptors (Lipinski definition) is 12. The highest BCUT2D eigenvalue weighted by molar-refractivity contribution is 5.85. The summed E-state index contributed by atoms with van der Waals surface area (Å²) in [6, 6.07) is 18.0. The molecule has 0 spiro atoms. The maximum Gasteiger partial charge on any atom is 0.269 e. The van der Waals surface area contributed by atoms with Crippen molar-refractivity contribution < 1.29 is 19.5 Å². The van der Waals surface area contributed by atoms with E-state index in [9.17, 15) is 15.2 Å². The zero-order chi connectivity index (χ0) is 26.2. The van der Waals surface area contributed by atoms with Gasteiger partial charge in [0.25, 0.3) is 5.69 Å². The van der Waals surface area contributed by atoms with Crippen molar-refractivity contribution in [2.24, 2.45) is 5.10 Å². The summed E-state index contributed by atoms with van der Waals surface area (Å²) in [7, 11) is 3.03. The summed E-state index contributed by atoms with van der Waals surface area (Å²) in [6.45, 7) is 0. The number of aromatic nitrogens is 3. The van der Waals surface area contributed by atoms with Crippen LogP contribution in [-0.4, -0.2) is 45.4 Å². The van der Waals surface area contributed by atoms with Crippen LogP contribution in [0.25, 0.3) is 0 Å². The number of phenols is 1. The number of hydrogen-bond donors (Lipinski definition) is 4. The van der Waals surface area contributed by atoms with E-state index in [0.29, 0.717) is 28.4 Å². The van der Waals surface area contributed by atoms with E-state index in [2.05, 4.69) is 36.1 Å². The molecule has 0 saturated heterocycles. The predicted molar refractivity (Wildman–Crippen MR) is 138 cm³/mol. The summed E-state index contributed by atoms with van der Waals surface area (Å²) in [5.74, 6) is 1.39. The van der Waals surface area contributed by atoms with E-state index in [-0.39, 0.29) is 29.3 Å². The summed E-state index contributed by atoms with van der Waals surface area (Å²) in [5, 5.41) is 31.3. The Morgan fingerprint density at radius 2 is 1.46 bits per heavy atom. The SMILES string of the molecule is COc1ccc(Nc2nc(N/N=C/c3cccc(OC)c3O)nc(Nc3ccc([N+](=O)[O-])cc3)n2)cc1. The number of methoxy groups -OCH3 is 2. The molecule has 37 heavy (non-hydrogen) atoms. The third-order valence-corrected chi connectivity index (χ3v) is 4.93. The fourth-order valence-electron chi connectivity index (χ4n) is 3.10. The molecule has 0 aliphatic rings. The fraction of sp³-hybridized carbons (Fsp3) is 0.0833. The monoisotopic (exact) mass is 502 g/mol. The van der Waals surface area contributed by atoms with Gasteiger partial charge in [-0.2, -0.15) is 20.1 Å². The van der Waals surface area contributed by atoms with Crippen LogP contribution in [0.3, 0.4) is 0 Å².